The number of aromatic nitrogens is 1. The third-order valence-corrected chi connectivity index (χ3v) is 3.05. The molecule has 1 aromatic carbocycles. The Morgan fingerprint density at radius 1 is 1.33 bits per heavy atom. The van der Waals surface area contributed by atoms with E-state index >= 15 is 0 Å². The molecule has 0 aliphatic carbocycles. The van der Waals surface area contributed by atoms with E-state index in [2.05, 4.69) is 32.3 Å². The minimum atomic E-state index is 0.649. The van der Waals surface area contributed by atoms with Crippen LogP contribution in [0.15, 0.2) is 47.2 Å². The van der Waals surface area contributed by atoms with Crippen molar-refractivity contribution in [2.75, 3.05) is 11.9 Å². The molecule has 0 amide bonds. The summed E-state index contributed by atoms with van der Waals surface area (Å²) in [5, 5.41) is 12.3. The van der Waals surface area contributed by atoms with Crippen LogP contribution in [0.25, 0.3) is 0 Å². The molecule has 0 fully saturated rings. The number of hydrogen-bond acceptors (Lipinski definition) is 3. The van der Waals surface area contributed by atoms with Crippen LogP contribution in [0.3, 0.4) is 0 Å². The summed E-state index contributed by atoms with van der Waals surface area (Å²) in [4.78, 5) is 4.07. The molecule has 0 saturated carbocycles. The Balaban J connectivity index is 1.97. The fraction of sp³-hybridized carbons (Fsp3) is 0.143. The normalized spacial score (nSPS) is 9.78. The van der Waals surface area contributed by atoms with Crippen molar-refractivity contribution in [2.24, 2.45) is 0 Å². The molecule has 0 radical (unpaired) electrons. The fourth-order valence-electron chi connectivity index (χ4n) is 1.65. The number of benzene rings is 1. The van der Waals surface area contributed by atoms with Crippen molar-refractivity contribution < 1.29 is 0 Å². The number of rotatable bonds is 4. The van der Waals surface area contributed by atoms with Crippen molar-refractivity contribution in [1.82, 2.24) is 4.98 Å². The van der Waals surface area contributed by atoms with Gasteiger partial charge in [-0.1, -0.05) is 22.0 Å². The van der Waals surface area contributed by atoms with E-state index in [0.29, 0.717) is 5.56 Å². The second kappa shape index (κ2) is 6.18. The summed E-state index contributed by atoms with van der Waals surface area (Å²) in [6.07, 6.45) is 4.50. The molecule has 0 atom stereocenters. The monoisotopic (exact) mass is 301 g/mol. The first-order valence-corrected chi connectivity index (χ1v) is 6.41. The Hall–Kier alpha value is -1.86. The van der Waals surface area contributed by atoms with Gasteiger partial charge in [-0.15, -0.1) is 0 Å². The fourth-order valence-corrected chi connectivity index (χ4v) is 2.01. The highest BCUT2D eigenvalue weighted by Gasteiger charge is 2.02. The highest BCUT2D eigenvalue weighted by Crippen LogP contribution is 2.20. The third kappa shape index (κ3) is 3.31. The van der Waals surface area contributed by atoms with E-state index in [9.17, 15) is 0 Å². The average molecular weight is 302 g/mol. The van der Waals surface area contributed by atoms with Crippen molar-refractivity contribution >= 4 is 21.6 Å². The summed E-state index contributed by atoms with van der Waals surface area (Å²) in [6, 6.07) is 11.8. The molecular formula is C14H12BrN3. The van der Waals surface area contributed by atoms with Crippen LogP contribution in [0, 0.1) is 11.3 Å². The first-order valence-electron chi connectivity index (χ1n) is 5.62. The van der Waals surface area contributed by atoms with Gasteiger partial charge in [0.05, 0.1) is 11.3 Å². The molecular weight excluding hydrogens is 290 g/mol. The minimum Gasteiger partial charge on any atom is -0.384 e. The van der Waals surface area contributed by atoms with Crippen LogP contribution in [-0.2, 0) is 6.42 Å². The number of halogens is 1. The maximum Gasteiger partial charge on any atom is 0.101 e. The van der Waals surface area contributed by atoms with Gasteiger partial charge in [0.25, 0.3) is 0 Å². The van der Waals surface area contributed by atoms with E-state index in [4.69, 9.17) is 5.26 Å². The molecule has 0 saturated heterocycles. The Morgan fingerprint density at radius 3 is 2.94 bits per heavy atom. The van der Waals surface area contributed by atoms with E-state index in [-0.39, 0.29) is 0 Å². The van der Waals surface area contributed by atoms with Gasteiger partial charge in [-0.3, -0.25) is 4.98 Å². The molecule has 0 bridgehead atoms. The van der Waals surface area contributed by atoms with Gasteiger partial charge in [0.2, 0.25) is 0 Å². The average Bonchev–Trinajstić information content (AvgIpc) is 2.41. The minimum absolute atomic E-state index is 0.649. The van der Waals surface area contributed by atoms with Crippen LogP contribution < -0.4 is 5.32 Å². The second-order valence-electron chi connectivity index (χ2n) is 3.84. The van der Waals surface area contributed by atoms with Crippen LogP contribution in [-0.4, -0.2) is 11.5 Å². The number of nitrogens with one attached hydrogen (secondary N) is 1. The zero-order valence-corrected chi connectivity index (χ0v) is 11.3. The zero-order chi connectivity index (χ0) is 12.8. The summed E-state index contributed by atoms with van der Waals surface area (Å²) in [5.41, 5.74) is 2.70. The van der Waals surface area contributed by atoms with Crippen LogP contribution in [0.2, 0.25) is 0 Å². The number of anilines is 1. The highest BCUT2D eigenvalue weighted by molar-refractivity contribution is 9.10. The maximum atomic E-state index is 9.04. The second-order valence-corrected chi connectivity index (χ2v) is 4.76. The topological polar surface area (TPSA) is 48.7 Å². The van der Waals surface area contributed by atoms with Gasteiger partial charge in [-0.05, 0) is 36.2 Å². The van der Waals surface area contributed by atoms with Gasteiger partial charge in [0.15, 0.2) is 0 Å². The van der Waals surface area contributed by atoms with Gasteiger partial charge in [0, 0.05) is 23.4 Å². The zero-order valence-electron chi connectivity index (χ0n) is 9.73. The molecule has 1 heterocycles. The number of pyridine rings is 1. The summed E-state index contributed by atoms with van der Waals surface area (Å²) in [7, 11) is 0. The molecule has 0 aliphatic heterocycles. The van der Waals surface area contributed by atoms with Crippen LogP contribution >= 0.6 is 15.9 Å². The van der Waals surface area contributed by atoms with Gasteiger partial charge < -0.3 is 5.32 Å². The van der Waals surface area contributed by atoms with E-state index in [1.165, 1.54) is 5.56 Å². The van der Waals surface area contributed by atoms with Crippen LogP contribution in [0.5, 0.6) is 0 Å². The van der Waals surface area contributed by atoms with Gasteiger partial charge in [-0.25, -0.2) is 0 Å². The molecule has 2 rings (SSSR count). The lowest BCUT2D eigenvalue weighted by Gasteiger charge is -2.08. The summed E-state index contributed by atoms with van der Waals surface area (Å²) < 4.78 is 0.914. The van der Waals surface area contributed by atoms with E-state index < -0.39 is 0 Å². The highest BCUT2D eigenvalue weighted by atomic mass is 79.9. The predicted molar refractivity (Wildman–Crippen MR) is 75.3 cm³/mol. The smallest absolute Gasteiger partial charge is 0.101 e. The molecule has 1 N–H and O–H groups in total. The molecule has 0 aliphatic rings. The Morgan fingerprint density at radius 2 is 2.22 bits per heavy atom. The standard InChI is InChI=1S/C14H12BrN3/c15-13-3-4-14(12(8-13)9-16)18-7-5-11-2-1-6-17-10-11/h1-4,6,8,10,18H,5,7H2. The largest absolute Gasteiger partial charge is 0.384 e. The van der Waals surface area contributed by atoms with E-state index in [0.717, 1.165) is 23.1 Å². The summed E-state index contributed by atoms with van der Waals surface area (Å²) in [6.45, 7) is 0.780. The molecule has 0 unspecified atom stereocenters. The Kier molecular flexibility index (Phi) is 4.32. The molecule has 4 heteroatoms. The van der Waals surface area contributed by atoms with Crippen LogP contribution in [0.1, 0.15) is 11.1 Å². The van der Waals surface area contributed by atoms with Crippen molar-refractivity contribution in [2.45, 2.75) is 6.42 Å². The van der Waals surface area contributed by atoms with E-state index in [1.807, 2.05) is 36.5 Å². The summed E-state index contributed by atoms with van der Waals surface area (Å²) >= 11 is 3.35. The first kappa shape index (κ1) is 12.6. The maximum absolute atomic E-state index is 9.04. The predicted octanol–water partition coefficient (Wildman–Crippen LogP) is 3.37. The van der Waals surface area contributed by atoms with Crippen molar-refractivity contribution in [3.63, 3.8) is 0 Å². The third-order valence-electron chi connectivity index (χ3n) is 2.55. The summed E-state index contributed by atoms with van der Waals surface area (Å²) in [5.74, 6) is 0. The Bertz CT molecular complexity index is 561. The lowest BCUT2D eigenvalue weighted by molar-refractivity contribution is 1.00. The molecule has 3 nitrogen and oxygen atoms in total. The van der Waals surface area contributed by atoms with Gasteiger partial charge in [-0.2, -0.15) is 5.26 Å². The van der Waals surface area contributed by atoms with Crippen molar-refractivity contribution in [3.8, 4) is 6.07 Å². The lowest BCUT2D eigenvalue weighted by atomic mass is 10.1. The molecule has 0 spiro atoms. The molecule has 1 aromatic heterocycles. The van der Waals surface area contributed by atoms with Gasteiger partial charge >= 0.3 is 0 Å². The molecule has 2 aromatic rings. The van der Waals surface area contributed by atoms with Gasteiger partial charge in [0.1, 0.15) is 6.07 Å². The first-order chi connectivity index (χ1) is 8.79. The number of hydrogen-bond donors (Lipinski definition) is 1. The Labute approximate surface area is 115 Å². The van der Waals surface area contributed by atoms with E-state index in [1.54, 1.807) is 6.20 Å². The SMILES string of the molecule is N#Cc1cc(Br)ccc1NCCc1cccnc1. The van der Waals surface area contributed by atoms with Crippen molar-refractivity contribution in [1.29, 1.82) is 5.26 Å². The molecule has 90 valence electrons. The van der Waals surface area contributed by atoms with Crippen LogP contribution in [0.4, 0.5) is 5.69 Å². The number of nitrogens with zero attached hydrogens (tertiary/aromatic N) is 2. The molecule has 18 heavy (non-hydrogen) atoms. The lowest BCUT2D eigenvalue weighted by Crippen LogP contribution is -2.06. The van der Waals surface area contributed by atoms with Crippen molar-refractivity contribution in [3.05, 3.63) is 58.3 Å². The quantitative estimate of drug-likeness (QED) is 0.942. The number of nitriles is 1.